The number of nitriles is 1. The molecule has 102 valence electrons. The van der Waals surface area contributed by atoms with Gasteiger partial charge in [0.25, 0.3) is 5.69 Å². The average molecular weight is 270 g/mol. The van der Waals surface area contributed by atoms with Crippen molar-refractivity contribution in [3.8, 4) is 6.07 Å². The lowest BCUT2D eigenvalue weighted by Gasteiger charge is -2.09. The molecule has 0 fully saturated rings. The molecular formula is C14H14N4O2. The third kappa shape index (κ3) is 2.78. The number of nitro benzene ring substituents is 1. The Bertz CT molecular complexity index is 670. The highest BCUT2D eigenvalue weighted by Gasteiger charge is 2.14. The van der Waals surface area contributed by atoms with Gasteiger partial charge in [0, 0.05) is 24.5 Å². The number of hydrogen-bond acceptors (Lipinski definition) is 4. The van der Waals surface area contributed by atoms with Crippen LogP contribution in [0.15, 0.2) is 36.5 Å². The lowest BCUT2D eigenvalue weighted by Crippen LogP contribution is -2.07. The Labute approximate surface area is 116 Å². The largest absolute Gasteiger partial charge is 0.374 e. The second-order valence-corrected chi connectivity index (χ2v) is 4.24. The van der Waals surface area contributed by atoms with E-state index in [2.05, 4.69) is 9.88 Å². The van der Waals surface area contributed by atoms with Crippen LogP contribution in [-0.4, -0.2) is 9.49 Å². The molecule has 0 saturated carbocycles. The zero-order chi connectivity index (χ0) is 14.5. The number of hydrogen-bond donors (Lipinski definition) is 1. The van der Waals surface area contributed by atoms with Gasteiger partial charge in [-0.15, -0.1) is 0 Å². The number of anilines is 1. The van der Waals surface area contributed by atoms with Gasteiger partial charge in [-0.2, -0.15) is 5.26 Å². The Morgan fingerprint density at radius 3 is 2.90 bits per heavy atom. The molecular weight excluding hydrogens is 256 g/mol. The fourth-order valence-corrected chi connectivity index (χ4v) is 2.01. The summed E-state index contributed by atoms with van der Waals surface area (Å²) < 4.78 is 2.06. The highest BCUT2D eigenvalue weighted by Crippen LogP contribution is 2.25. The van der Waals surface area contributed by atoms with Crippen molar-refractivity contribution in [2.75, 3.05) is 5.32 Å². The maximum absolute atomic E-state index is 11.0. The molecule has 0 radical (unpaired) electrons. The predicted molar refractivity (Wildman–Crippen MR) is 75.2 cm³/mol. The predicted octanol–water partition coefficient (Wildman–Crippen LogP) is 2.90. The van der Waals surface area contributed by atoms with Crippen LogP contribution in [0.4, 0.5) is 11.4 Å². The summed E-state index contributed by atoms with van der Waals surface area (Å²) in [5.74, 6) is 0. The first-order valence-electron chi connectivity index (χ1n) is 6.22. The second kappa shape index (κ2) is 5.89. The minimum absolute atomic E-state index is 0.0846. The van der Waals surface area contributed by atoms with Crippen LogP contribution >= 0.6 is 0 Å². The Hall–Kier alpha value is -2.81. The molecule has 0 saturated heterocycles. The van der Waals surface area contributed by atoms with E-state index in [9.17, 15) is 10.1 Å². The van der Waals surface area contributed by atoms with Crippen LogP contribution in [0.3, 0.4) is 0 Å². The topological polar surface area (TPSA) is 83.9 Å². The second-order valence-electron chi connectivity index (χ2n) is 4.24. The van der Waals surface area contributed by atoms with Gasteiger partial charge in [-0.05, 0) is 31.2 Å². The molecule has 0 aliphatic carbocycles. The number of benzene rings is 1. The molecule has 0 spiro atoms. The number of rotatable bonds is 5. The van der Waals surface area contributed by atoms with Gasteiger partial charge in [0.1, 0.15) is 5.69 Å². The van der Waals surface area contributed by atoms with Crippen molar-refractivity contribution in [3.05, 3.63) is 57.9 Å². The lowest BCUT2D eigenvalue weighted by atomic mass is 10.2. The fourth-order valence-electron chi connectivity index (χ4n) is 2.01. The van der Waals surface area contributed by atoms with Gasteiger partial charge in [0.05, 0.1) is 23.1 Å². The third-order valence-electron chi connectivity index (χ3n) is 3.05. The smallest absolute Gasteiger partial charge is 0.293 e. The fraction of sp³-hybridized carbons (Fsp3) is 0.214. The first-order valence-corrected chi connectivity index (χ1v) is 6.22. The number of nitro groups is 1. The molecule has 2 rings (SSSR count). The molecule has 0 unspecified atom stereocenters. The Morgan fingerprint density at radius 2 is 2.25 bits per heavy atom. The maximum atomic E-state index is 11.0. The van der Waals surface area contributed by atoms with E-state index in [1.807, 2.05) is 31.3 Å². The summed E-state index contributed by atoms with van der Waals surface area (Å²) in [6.07, 6.45) is 1.96. The standard InChI is InChI=1S/C14H14N4O2/c1-2-17-7-3-4-12(17)10-16-13-6-5-11(9-15)8-14(13)18(19)20/h3-8,16H,2,10H2,1H3. The van der Waals surface area contributed by atoms with Crippen molar-refractivity contribution in [3.63, 3.8) is 0 Å². The monoisotopic (exact) mass is 270 g/mol. The van der Waals surface area contributed by atoms with Crippen molar-refractivity contribution in [1.82, 2.24) is 4.57 Å². The van der Waals surface area contributed by atoms with E-state index in [0.29, 0.717) is 12.2 Å². The Morgan fingerprint density at radius 1 is 1.45 bits per heavy atom. The zero-order valence-electron chi connectivity index (χ0n) is 11.0. The molecule has 2 aromatic rings. The summed E-state index contributed by atoms with van der Waals surface area (Å²) in [5.41, 5.74) is 1.65. The van der Waals surface area contributed by atoms with E-state index in [-0.39, 0.29) is 11.3 Å². The first kappa shape index (κ1) is 13.6. The maximum Gasteiger partial charge on any atom is 0.293 e. The summed E-state index contributed by atoms with van der Waals surface area (Å²) in [6.45, 7) is 3.38. The van der Waals surface area contributed by atoms with E-state index < -0.39 is 4.92 Å². The average Bonchev–Trinajstić information content (AvgIpc) is 2.92. The summed E-state index contributed by atoms with van der Waals surface area (Å²) >= 11 is 0. The lowest BCUT2D eigenvalue weighted by molar-refractivity contribution is -0.384. The quantitative estimate of drug-likeness (QED) is 0.668. The van der Waals surface area contributed by atoms with Crippen molar-refractivity contribution in [2.24, 2.45) is 0 Å². The van der Waals surface area contributed by atoms with Gasteiger partial charge in [-0.3, -0.25) is 10.1 Å². The molecule has 0 atom stereocenters. The molecule has 1 heterocycles. The molecule has 0 amide bonds. The van der Waals surface area contributed by atoms with E-state index in [1.165, 1.54) is 6.07 Å². The van der Waals surface area contributed by atoms with Gasteiger partial charge < -0.3 is 9.88 Å². The Balaban J connectivity index is 2.21. The molecule has 1 N–H and O–H groups in total. The van der Waals surface area contributed by atoms with Gasteiger partial charge in [0.15, 0.2) is 0 Å². The van der Waals surface area contributed by atoms with Gasteiger partial charge in [0.2, 0.25) is 0 Å². The SMILES string of the molecule is CCn1cccc1CNc1ccc(C#N)cc1[N+](=O)[O-]. The molecule has 6 nitrogen and oxygen atoms in total. The summed E-state index contributed by atoms with van der Waals surface area (Å²) in [6, 6.07) is 10.2. The molecule has 0 aliphatic rings. The van der Waals surface area contributed by atoms with Crippen LogP contribution in [0, 0.1) is 21.4 Å². The highest BCUT2D eigenvalue weighted by atomic mass is 16.6. The zero-order valence-corrected chi connectivity index (χ0v) is 11.0. The van der Waals surface area contributed by atoms with Crippen molar-refractivity contribution < 1.29 is 4.92 Å². The molecule has 0 aliphatic heterocycles. The van der Waals surface area contributed by atoms with Crippen molar-refractivity contribution in [2.45, 2.75) is 20.0 Å². The number of aromatic nitrogens is 1. The number of nitrogens with zero attached hydrogens (tertiary/aromatic N) is 3. The van der Waals surface area contributed by atoms with E-state index >= 15 is 0 Å². The summed E-state index contributed by atoms with van der Waals surface area (Å²) in [4.78, 5) is 10.5. The molecule has 0 bridgehead atoms. The van der Waals surface area contributed by atoms with E-state index in [1.54, 1.807) is 12.1 Å². The van der Waals surface area contributed by atoms with Gasteiger partial charge in [-0.1, -0.05) is 0 Å². The number of nitrogens with one attached hydrogen (secondary N) is 1. The summed E-state index contributed by atoms with van der Waals surface area (Å²) in [7, 11) is 0. The highest BCUT2D eigenvalue weighted by molar-refractivity contribution is 5.64. The molecule has 1 aromatic heterocycles. The van der Waals surface area contributed by atoms with Crippen LogP contribution in [0.25, 0.3) is 0 Å². The normalized spacial score (nSPS) is 10.0. The third-order valence-corrected chi connectivity index (χ3v) is 3.05. The number of aryl methyl sites for hydroxylation is 1. The van der Waals surface area contributed by atoms with Crippen LogP contribution in [0.1, 0.15) is 18.2 Å². The van der Waals surface area contributed by atoms with Gasteiger partial charge in [-0.25, -0.2) is 0 Å². The van der Waals surface area contributed by atoms with Crippen LogP contribution in [-0.2, 0) is 13.1 Å². The summed E-state index contributed by atoms with van der Waals surface area (Å²) in [5, 5.41) is 22.9. The first-order chi connectivity index (χ1) is 9.65. The van der Waals surface area contributed by atoms with E-state index in [4.69, 9.17) is 5.26 Å². The molecule has 6 heteroatoms. The van der Waals surface area contributed by atoms with Crippen molar-refractivity contribution >= 4 is 11.4 Å². The molecule has 1 aromatic carbocycles. The van der Waals surface area contributed by atoms with Crippen LogP contribution in [0.5, 0.6) is 0 Å². The minimum Gasteiger partial charge on any atom is -0.374 e. The molecule has 20 heavy (non-hydrogen) atoms. The van der Waals surface area contributed by atoms with E-state index in [0.717, 1.165) is 12.2 Å². The Kier molecular flexibility index (Phi) is 4.01. The minimum atomic E-state index is -0.484. The van der Waals surface area contributed by atoms with Gasteiger partial charge >= 0.3 is 0 Å². The van der Waals surface area contributed by atoms with Crippen molar-refractivity contribution in [1.29, 1.82) is 5.26 Å². The van der Waals surface area contributed by atoms with Crippen LogP contribution in [0.2, 0.25) is 0 Å². The van der Waals surface area contributed by atoms with Crippen LogP contribution < -0.4 is 5.32 Å².